The van der Waals surface area contributed by atoms with Gasteiger partial charge in [-0.2, -0.15) is 11.8 Å². The number of thioether (sulfide) groups is 1. The molecular formula is C48H95N5OS. The molecule has 0 aliphatic carbocycles. The molecule has 0 aromatic heterocycles. The summed E-state index contributed by atoms with van der Waals surface area (Å²) < 4.78 is 5.25. The molecule has 0 bridgehead atoms. The molecule has 324 valence electrons. The molecule has 5 rings (SSSR count). The van der Waals surface area contributed by atoms with Crippen LogP contribution >= 0.6 is 11.8 Å². The van der Waals surface area contributed by atoms with Crippen molar-refractivity contribution >= 4 is 11.8 Å². The average molecular weight is 790 g/mol. The molecule has 55 heavy (non-hydrogen) atoms. The summed E-state index contributed by atoms with van der Waals surface area (Å²) >= 11 is 2.07. The standard InChI is InChI=1S/C13H21N.C10H21N.C9H19N.C8H17NO.C8H17NS/c1-5-14(13(2,3)4)11-12-9-7-6-8-10-12;1-10(2,3)11-8-6-4-5-7-9-11;1-9(2,3)10-7-5-4-6-8-10;2*1-8(2,3)9-4-6-10-7-5-9/h6-10H,5,11H2,1-4H3;4-9H2,1-3H3;4-8H2,1-3H3;2*4-7H2,1-3H3. The first-order chi connectivity index (χ1) is 25.5. The summed E-state index contributed by atoms with van der Waals surface area (Å²) in [4.78, 5) is 12.7. The summed E-state index contributed by atoms with van der Waals surface area (Å²) in [5.74, 6) is 2.63. The fourth-order valence-corrected chi connectivity index (χ4v) is 8.30. The van der Waals surface area contributed by atoms with Gasteiger partial charge in [-0.1, -0.05) is 56.5 Å². The third kappa shape index (κ3) is 24.1. The predicted octanol–water partition coefficient (Wildman–Crippen LogP) is 11.2. The van der Waals surface area contributed by atoms with Crippen molar-refractivity contribution in [2.24, 2.45) is 0 Å². The number of piperidine rings is 1. The first-order valence-electron chi connectivity index (χ1n) is 22.4. The Morgan fingerprint density at radius 2 is 0.836 bits per heavy atom. The van der Waals surface area contributed by atoms with Crippen molar-refractivity contribution in [3.05, 3.63) is 35.9 Å². The van der Waals surface area contributed by atoms with E-state index in [0.29, 0.717) is 22.2 Å². The van der Waals surface area contributed by atoms with Crippen molar-refractivity contribution < 1.29 is 4.74 Å². The summed E-state index contributed by atoms with van der Waals surface area (Å²) in [6.45, 7) is 50.4. The number of ether oxygens (including phenoxy) is 1. The first-order valence-corrected chi connectivity index (χ1v) is 23.6. The summed E-state index contributed by atoms with van der Waals surface area (Å²) in [6.07, 6.45) is 9.91. The summed E-state index contributed by atoms with van der Waals surface area (Å²) in [5, 5.41) is 0. The number of rotatable bonds is 3. The maximum absolute atomic E-state index is 5.25. The van der Waals surface area contributed by atoms with E-state index >= 15 is 0 Å². The fourth-order valence-electron chi connectivity index (χ4n) is 7.40. The zero-order valence-corrected chi connectivity index (χ0v) is 40.6. The highest BCUT2D eigenvalue weighted by Crippen LogP contribution is 2.21. The Morgan fingerprint density at radius 1 is 0.491 bits per heavy atom. The number of morpholine rings is 1. The normalized spacial score (nSPS) is 20.3. The molecule has 0 amide bonds. The largest absolute Gasteiger partial charge is 0.379 e. The van der Waals surface area contributed by atoms with Gasteiger partial charge in [0.25, 0.3) is 0 Å². The van der Waals surface area contributed by atoms with Gasteiger partial charge < -0.3 is 4.74 Å². The summed E-state index contributed by atoms with van der Waals surface area (Å²) in [7, 11) is 0. The smallest absolute Gasteiger partial charge is 0.0594 e. The molecule has 1 aromatic carbocycles. The Kier molecular flexibility index (Phi) is 24.5. The zero-order chi connectivity index (χ0) is 41.8. The van der Waals surface area contributed by atoms with E-state index in [4.69, 9.17) is 4.74 Å². The van der Waals surface area contributed by atoms with Crippen LogP contribution in [-0.4, -0.2) is 136 Å². The van der Waals surface area contributed by atoms with Gasteiger partial charge in [0.1, 0.15) is 0 Å². The van der Waals surface area contributed by atoms with Crippen LogP contribution in [0, 0.1) is 0 Å². The second-order valence-corrected chi connectivity index (χ2v) is 22.2. The lowest BCUT2D eigenvalue weighted by atomic mass is 10.0. The van der Waals surface area contributed by atoms with Gasteiger partial charge in [0.15, 0.2) is 0 Å². The lowest BCUT2D eigenvalue weighted by Gasteiger charge is -2.38. The van der Waals surface area contributed by atoms with E-state index < -0.39 is 0 Å². The third-order valence-electron chi connectivity index (χ3n) is 11.3. The Balaban J connectivity index is 0.000000346. The van der Waals surface area contributed by atoms with Gasteiger partial charge >= 0.3 is 0 Å². The predicted molar refractivity (Wildman–Crippen MR) is 248 cm³/mol. The second-order valence-electron chi connectivity index (χ2n) is 21.0. The molecular weight excluding hydrogens is 695 g/mol. The number of hydrogen-bond acceptors (Lipinski definition) is 7. The van der Waals surface area contributed by atoms with Crippen LogP contribution in [-0.2, 0) is 11.3 Å². The fraction of sp³-hybridized carbons (Fsp3) is 0.875. The van der Waals surface area contributed by atoms with Gasteiger partial charge in [-0.15, -0.1) is 0 Å². The monoisotopic (exact) mass is 790 g/mol. The van der Waals surface area contributed by atoms with Crippen LogP contribution < -0.4 is 0 Å². The molecule has 0 unspecified atom stereocenters. The minimum absolute atomic E-state index is 0.255. The lowest BCUT2D eigenvalue weighted by molar-refractivity contribution is -0.00389. The van der Waals surface area contributed by atoms with E-state index in [0.717, 1.165) is 39.4 Å². The van der Waals surface area contributed by atoms with Gasteiger partial charge in [-0.3, -0.25) is 24.5 Å². The molecule has 0 saturated carbocycles. The van der Waals surface area contributed by atoms with Crippen LogP contribution in [0.3, 0.4) is 0 Å². The first kappa shape index (κ1) is 52.3. The number of hydrogen-bond donors (Lipinski definition) is 0. The van der Waals surface area contributed by atoms with Crippen LogP contribution in [0.4, 0.5) is 0 Å². The number of likely N-dealkylation sites (tertiary alicyclic amines) is 2. The van der Waals surface area contributed by atoms with E-state index in [1.165, 1.54) is 101 Å². The number of benzene rings is 1. The molecule has 4 aliphatic heterocycles. The van der Waals surface area contributed by atoms with Gasteiger partial charge in [-0.05, 0) is 168 Å². The number of nitrogens with zero attached hydrogens (tertiary/aromatic N) is 5. The maximum atomic E-state index is 5.25. The van der Waals surface area contributed by atoms with Crippen LogP contribution in [0.15, 0.2) is 30.3 Å². The average Bonchev–Trinajstić information content (AvgIpc) is 3.43. The molecule has 0 spiro atoms. The topological polar surface area (TPSA) is 25.4 Å². The third-order valence-corrected chi connectivity index (χ3v) is 12.3. The van der Waals surface area contributed by atoms with Crippen molar-refractivity contribution in [1.29, 1.82) is 0 Å². The molecule has 0 N–H and O–H groups in total. The van der Waals surface area contributed by atoms with Crippen molar-refractivity contribution in [2.45, 2.75) is 190 Å². The van der Waals surface area contributed by atoms with E-state index in [-0.39, 0.29) is 5.54 Å². The summed E-state index contributed by atoms with van der Waals surface area (Å²) in [6, 6.07) is 10.7. The molecule has 0 atom stereocenters. The van der Waals surface area contributed by atoms with E-state index in [1.54, 1.807) is 0 Å². The summed E-state index contributed by atoms with van der Waals surface area (Å²) in [5.41, 5.74) is 3.16. The Labute approximate surface area is 349 Å². The molecule has 7 heteroatoms. The van der Waals surface area contributed by atoms with Crippen LogP contribution in [0.2, 0.25) is 0 Å². The molecule has 4 fully saturated rings. The highest BCUT2D eigenvalue weighted by molar-refractivity contribution is 7.99. The highest BCUT2D eigenvalue weighted by atomic mass is 32.2. The lowest BCUT2D eigenvalue weighted by Crippen LogP contribution is -2.47. The molecule has 1 aromatic rings. The maximum Gasteiger partial charge on any atom is 0.0594 e. The van der Waals surface area contributed by atoms with Gasteiger partial charge in [-0.25, -0.2) is 0 Å². The zero-order valence-electron chi connectivity index (χ0n) is 39.8. The van der Waals surface area contributed by atoms with Crippen LogP contribution in [0.5, 0.6) is 0 Å². The SMILES string of the molecule is CC(C)(C)N1CCCCC1.CC(C)(C)N1CCCCCC1.CC(C)(C)N1CCOCC1.CC(C)(C)N1CCSCC1.CCN(Cc1ccccc1)C(C)(C)C. The second kappa shape index (κ2) is 25.7. The van der Waals surface area contributed by atoms with Crippen LogP contribution in [0.25, 0.3) is 0 Å². The van der Waals surface area contributed by atoms with Crippen molar-refractivity contribution in [2.75, 3.05) is 83.6 Å². The molecule has 4 saturated heterocycles. The minimum atomic E-state index is 0.255. The van der Waals surface area contributed by atoms with Crippen molar-refractivity contribution in [3.8, 4) is 0 Å². The molecule has 4 aliphatic rings. The van der Waals surface area contributed by atoms with Crippen molar-refractivity contribution in [1.82, 2.24) is 24.5 Å². The van der Waals surface area contributed by atoms with Crippen LogP contribution in [0.1, 0.15) is 161 Å². The highest BCUT2D eigenvalue weighted by Gasteiger charge is 2.25. The molecule has 4 heterocycles. The van der Waals surface area contributed by atoms with Gasteiger partial charge in [0.2, 0.25) is 0 Å². The quantitative estimate of drug-likeness (QED) is 0.301. The Morgan fingerprint density at radius 3 is 1.15 bits per heavy atom. The van der Waals surface area contributed by atoms with Gasteiger partial charge in [0, 0.05) is 71.9 Å². The minimum Gasteiger partial charge on any atom is -0.379 e. The van der Waals surface area contributed by atoms with E-state index in [2.05, 4.69) is 177 Å². The van der Waals surface area contributed by atoms with Gasteiger partial charge in [0.05, 0.1) is 13.2 Å². The van der Waals surface area contributed by atoms with E-state index in [9.17, 15) is 0 Å². The van der Waals surface area contributed by atoms with Crippen molar-refractivity contribution in [3.63, 3.8) is 0 Å². The Bertz CT molecular complexity index is 987. The Hall–Kier alpha value is -0.670. The molecule has 6 nitrogen and oxygen atoms in total. The molecule has 0 radical (unpaired) electrons. The van der Waals surface area contributed by atoms with E-state index in [1.807, 2.05) is 0 Å².